The standard InChI is InChI=1S/C15H20F2N2O2/c1-9-14(12(20)5-3-2-4-8-18)21-15-11(19-9)7-6-10(16)13(15)17/h6-7,9,14,19H,2-5,8,18H2,1H3/t9-,14?/m0/s1. The number of carbonyl (C=O) groups is 1. The fourth-order valence-electron chi connectivity index (χ4n) is 2.42. The Hall–Kier alpha value is -1.69. The number of carbonyl (C=O) groups excluding carboxylic acids is 1. The van der Waals surface area contributed by atoms with Gasteiger partial charge in [0.15, 0.2) is 23.5 Å². The third-order valence-electron chi connectivity index (χ3n) is 3.58. The van der Waals surface area contributed by atoms with E-state index in [2.05, 4.69) is 5.32 Å². The molecule has 2 atom stereocenters. The molecule has 2 rings (SSSR count). The van der Waals surface area contributed by atoms with Crippen molar-refractivity contribution in [2.45, 2.75) is 44.8 Å². The number of hydrogen-bond donors (Lipinski definition) is 2. The van der Waals surface area contributed by atoms with Crippen LogP contribution in [0.1, 0.15) is 32.6 Å². The van der Waals surface area contributed by atoms with Gasteiger partial charge in [0.25, 0.3) is 0 Å². The van der Waals surface area contributed by atoms with Crippen LogP contribution in [-0.2, 0) is 4.79 Å². The number of halogens is 2. The van der Waals surface area contributed by atoms with Crippen molar-refractivity contribution >= 4 is 11.5 Å². The molecule has 1 aliphatic rings. The van der Waals surface area contributed by atoms with Crippen LogP contribution in [0.2, 0.25) is 0 Å². The molecule has 0 saturated carbocycles. The molecule has 0 fully saturated rings. The molecule has 0 saturated heterocycles. The lowest BCUT2D eigenvalue weighted by molar-refractivity contribution is -0.126. The fourth-order valence-corrected chi connectivity index (χ4v) is 2.42. The van der Waals surface area contributed by atoms with Crippen LogP contribution in [0.15, 0.2) is 12.1 Å². The van der Waals surface area contributed by atoms with Gasteiger partial charge in [-0.25, -0.2) is 4.39 Å². The van der Waals surface area contributed by atoms with E-state index in [1.54, 1.807) is 6.92 Å². The minimum Gasteiger partial charge on any atom is -0.475 e. The second-order valence-electron chi connectivity index (χ2n) is 5.28. The summed E-state index contributed by atoms with van der Waals surface area (Å²) in [6.45, 7) is 2.39. The number of rotatable bonds is 6. The molecule has 0 radical (unpaired) electrons. The monoisotopic (exact) mass is 298 g/mol. The molecular formula is C15H20F2N2O2. The van der Waals surface area contributed by atoms with Gasteiger partial charge in [-0.15, -0.1) is 0 Å². The quantitative estimate of drug-likeness (QED) is 0.792. The lowest BCUT2D eigenvalue weighted by Gasteiger charge is -2.32. The average molecular weight is 298 g/mol. The summed E-state index contributed by atoms with van der Waals surface area (Å²) < 4.78 is 32.4. The lowest BCUT2D eigenvalue weighted by Crippen LogP contribution is -2.45. The Balaban J connectivity index is 2.05. The number of hydrogen-bond acceptors (Lipinski definition) is 4. The maximum atomic E-state index is 13.7. The zero-order chi connectivity index (χ0) is 15.4. The zero-order valence-corrected chi connectivity index (χ0v) is 12.0. The van der Waals surface area contributed by atoms with Crippen LogP contribution in [0, 0.1) is 11.6 Å². The Morgan fingerprint density at radius 3 is 2.81 bits per heavy atom. The summed E-state index contributed by atoms with van der Waals surface area (Å²) in [5.41, 5.74) is 5.77. The minimum absolute atomic E-state index is 0.110. The van der Waals surface area contributed by atoms with E-state index in [9.17, 15) is 13.6 Å². The normalized spacial score (nSPS) is 20.4. The highest BCUT2D eigenvalue weighted by Crippen LogP contribution is 2.35. The average Bonchev–Trinajstić information content (AvgIpc) is 2.47. The van der Waals surface area contributed by atoms with Gasteiger partial charge < -0.3 is 15.8 Å². The first-order chi connectivity index (χ1) is 10.0. The predicted molar refractivity (Wildman–Crippen MR) is 76.4 cm³/mol. The predicted octanol–water partition coefficient (Wildman–Crippen LogP) is 2.61. The summed E-state index contributed by atoms with van der Waals surface area (Å²) in [6, 6.07) is 2.16. The van der Waals surface area contributed by atoms with Crippen LogP contribution in [-0.4, -0.2) is 24.5 Å². The van der Waals surface area contributed by atoms with Gasteiger partial charge in [0.1, 0.15) is 0 Å². The van der Waals surface area contributed by atoms with Gasteiger partial charge in [-0.1, -0.05) is 6.42 Å². The van der Waals surface area contributed by atoms with Crippen LogP contribution < -0.4 is 15.8 Å². The van der Waals surface area contributed by atoms with Crippen molar-refractivity contribution in [3.63, 3.8) is 0 Å². The molecule has 1 aromatic carbocycles. The third kappa shape index (κ3) is 3.50. The van der Waals surface area contributed by atoms with Gasteiger partial charge in [-0.2, -0.15) is 4.39 Å². The van der Waals surface area contributed by atoms with Crippen molar-refractivity contribution in [1.82, 2.24) is 0 Å². The summed E-state index contributed by atoms with van der Waals surface area (Å²) in [4.78, 5) is 12.2. The van der Waals surface area contributed by atoms with Crippen LogP contribution in [0.5, 0.6) is 5.75 Å². The number of fused-ring (bicyclic) bond motifs is 1. The molecule has 4 nitrogen and oxygen atoms in total. The number of ether oxygens (including phenoxy) is 1. The minimum atomic E-state index is -1.06. The molecule has 3 N–H and O–H groups in total. The largest absolute Gasteiger partial charge is 0.475 e. The maximum absolute atomic E-state index is 13.7. The Morgan fingerprint density at radius 2 is 2.10 bits per heavy atom. The van der Waals surface area contributed by atoms with Crippen molar-refractivity contribution in [1.29, 1.82) is 0 Å². The van der Waals surface area contributed by atoms with Crippen LogP contribution in [0.25, 0.3) is 0 Å². The molecule has 116 valence electrons. The highest BCUT2D eigenvalue weighted by Gasteiger charge is 2.33. The van der Waals surface area contributed by atoms with Crippen molar-refractivity contribution in [2.75, 3.05) is 11.9 Å². The Morgan fingerprint density at radius 1 is 1.33 bits per heavy atom. The van der Waals surface area contributed by atoms with E-state index in [1.165, 1.54) is 6.07 Å². The number of Topliss-reactive ketones (excluding diaryl/α,β-unsaturated/α-hetero) is 1. The molecule has 0 spiro atoms. The first kappa shape index (κ1) is 15.7. The van der Waals surface area contributed by atoms with Crippen molar-refractivity contribution < 1.29 is 18.3 Å². The van der Waals surface area contributed by atoms with E-state index in [4.69, 9.17) is 10.5 Å². The van der Waals surface area contributed by atoms with Crippen LogP contribution in [0.3, 0.4) is 0 Å². The molecule has 0 amide bonds. The molecule has 1 aromatic rings. The maximum Gasteiger partial charge on any atom is 0.202 e. The van der Waals surface area contributed by atoms with Crippen molar-refractivity contribution in [3.05, 3.63) is 23.8 Å². The molecule has 1 aliphatic heterocycles. The molecule has 1 heterocycles. The van der Waals surface area contributed by atoms with Crippen molar-refractivity contribution in [2.24, 2.45) is 5.73 Å². The van der Waals surface area contributed by atoms with E-state index >= 15 is 0 Å². The summed E-state index contributed by atoms with van der Waals surface area (Å²) in [7, 11) is 0. The summed E-state index contributed by atoms with van der Waals surface area (Å²) >= 11 is 0. The fraction of sp³-hybridized carbons (Fsp3) is 0.533. The van der Waals surface area contributed by atoms with Gasteiger partial charge in [0.2, 0.25) is 5.82 Å². The van der Waals surface area contributed by atoms with Gasteiger partial charge in [0, 0.05) is 6.42 Å². The molecule has 1 unspecified atom stereocenters. The van der Waals surface area contributed by atoms with E-state index < -0.39 is 17.7 Å². The Labute approximate surface area is 122 Å². The summed E-state index contributed by atoms with van der Waals surface area (Å²) in [5, 5.41) is 2.99. The number of nitrogens with two attached hydrogens (primary N) is 1. The number of nitrogens with one attached hydrogen (secondary N) is 1. The highest BCUT2D eigenvalue weighted by atomic mass is 19.2. The second kappa shape index (κ2) is 6.85. The van der Waals surface area contributed by atoms with E-state index in [0.717, 1.165) is 25.3 Å². The SMILES string of the molecule is C[C@@H]1Nc2ccc(F)c(F)c2OC1C(=O)CCCCCN. The first-order valence-electron chi connectivity index (χ1n) is 7.18. The highest BCUT2D eigenvalue weighted by molar-refractivity contribution is 5.85. The summed E-state index contributed by atoms with van der Waals surface area (Å²) in [6.07, 6.45) is 2.02. The van der Waals surface area contributed by atoms with Crippen LogP contribution in [0.4, 0.5) is 14.5 Å². The Kier molecular flexibility index (Phi) is 5.12. The Bertz CT molecular complexity index is 523. The van der Waals surface area contributed by atoms with E-state index in [0.29, 0.717) is 18.7 Å². The van der Waals surface area contributed by atoms with Gasteiger partial charge in [0.05, 0.1) is 11.7 Å². The third-order valence-corrected chi connectivity index (χ3v) is 3.58. The van der Waals surface area contributed by atoms with Gasteiger partial charge in [-0.05, 0) is 38.4 Å². The number of benzene rings is 1. The lowest BCUT2D eigenvalue weighted by atomic mass is 10.0. The molecule has 0 aromatic heterocycles. The molecule has 6 heteroatoms. The molecule has 0 bridgehead atoms. The van der Waals surface area contributed by atoms with Gasteiger partial charge in [-0.3, -0.25) is 4.79 Å². The second-order valence-corrected chi connectivity index (χ2v) is 5.28. The molecule has 21 heavy (non-hydrogen) atoms. The summed E-state index contributed by atoms with van der Waals surface area (Å²) in [5.74, 6) is -2.37. The molecule has 0 aliphatic carbocycles. The smallest absolute Gasteiger partial charge is 0.202 e. The number of anilines is 1. The van der Waals surface area contributed by atoms with Gasteiger partial charge >= 0.3 is 0 Å². The topological polar surface area (TPSA) is 64.3 Å². The first-order valence-corrected chi connectivity index (χ1v) is 7.18. The zero-order valence-electron chi connectivity index (χ0n) is 12.0. The molecular weight excluding hydrogens is 278 g/mol. The van der Waals surface area contributed by atoms with Crippen molar-refractivity contribution in [3.8, 4) is 5.75 Å². The number of unbranched alkanes of at least 4 members (excludes halogenated alkanes) is 2. The number of ketones is 1. The van der Waals surface area contributed by atoms with Crippen LogP contribution >= 0.6 is 0 Å². The van der Waals surface area contributed by atoms with E-state index in [-0.39, 0.29) is 17.6 Å². The van der Waals surface area contributed by atoms with E-state index in [1.807, 2.05) is 0 Å².